The van der Waals surface area contributed by atoms with Crippen LogP contribution in [0.5, 0.6) is 17.5 Å². The first-order valence-corrected chi connectivity index (χ1v) is 17.9. The van der Waals surface area contributed by atoms with Crippen LogP contribution in [-0.4, -0.2) is 97.6 Å². The van der Waals surface area contributed by atoms with Crippen LogP contribution in [0.15, 0.2) is 97.3 Å². The fourth-order valence-corrected chi connectivity index (χ4v) is 5.93. The number of amides is 2. The summed E-state index contributed by atoms with van der Waals surface area (Å²) in [6, 6.07) is 18.6. The van der Waals surface area contributed by atoms with Gasteiger partial charge in [0.25, 0.3) is 11.8 Å². The second-order valence-electron chi connectivity index (χ2n) is 13.5. The molecule has 0 unspecified atom stereocenters. The molecule has 1 aliphatic rings. The molecule has 4 heterocycles. The lowest BCUT2D eigenvalue weighted by molar-refractivity contribution is -0.137. The third-order valence-electron chi connectivity index (χ3n) is 8.92. The molecule has 58 heavy (non-hydrogen) atoms. The van der Waals surface area contributed by atoms with Crippen LogP contribution in [-0.2, 0) is 29.4 Å². The number of aromatic nitrogens is 3. The number of carboxylic acids is 2. The number of ether oxygens (including phenoxy) is 2. The number of hydrogen-bond donors (Lipinski definition) is 2. The van der Waals surface area contributed by atoms with Crippen LogP contribution in [0.1, 0.15) is 45.8 Å². The van der Waals surface area contributed by atoms with Crippen LogP contribution >= 0.6 is 0 Å². The molecule has 2 aromatic carbocycles. The number of aryl methyl sites for hydroxylation is 1. The minimum absolute atomic E-state index is 0.0325. The maximum atomic E-state index is 13.6. The maximum Gasteiger partial charge on any atom is 0.416 e. The zero-order valence-electron chi connectivity index (χ0n) is 32.0. The molecule has 5 aromatic rings. The molecule has 1 fully saturated rings. The van der Waals surface area contributed by atoms with Crippen LogP contribution in [0.4, 0.5) is 18.9 Å². The number of piperazine rings is 1. The van der Waals surface area contributed by atoms with Crippen molar-refractivity contribution >= 4 is 40.3 Å². The summed E-state index contributed by atoms with van der Waals surface area (Å²) >= 11 is 0. The Balaban J connectivity index is 0.000000725. The van der Waals surface area contributed by atoms with Gasteiger partial charge in [-0.15, -0.1) is 0 Å². The molecule has 1 saturated heterocycles. The number of halogens is 3. The second-order valence-corrected chi connectivity index (χ2v) is 13.5. The molecule has 2 N–H and O–H groups in total. The summed E-state index contributed by atoms with van der Waals surface area (Å²) in [5, 5.41) is 16.5. The average Bonchev–Trinajstić information content (AvgIpc) is 3.52. The van der Waals surface area contributed by atoms with Crippen molar-refractivity contribution in [3.05, 3.63) is 120 Å². The Morgan fingerprint density at radius 2 is 1.48 bits per heavy atom. The second kappa shape index (κ2) is 18.5. The average molecular weight is 803 g/mol. The summed E-state index contributed by atoms with van der Waals surface area (Å²) in [5.41, 5.74) is 2.23. The van der Waals surface area contributed by atoms with Gasteiger partial charge in [-0.1, -0.05) is 6.07 Å². The van der Waals surface area contributed by atoms with E-state index in [1.807, 2.05) is 66.9 Å². The molecule has 0 radical (unpaired) electrons. The van der Waals surface area contributed by atoms with Gasteiger partial charge in [0.05, 0.1) is 29.1 Å². The fourth-order valence-electron chi connectivity index (χ4n) is 5.93. The third kappa shape index (κ3) is 11.2. The predicted octanol–water partition coefficient (Wildman–Crippen LogP) is 6.51. The number of hydrogen-bond acceptors (Lipinski definition) is 9. The Morgan fingerprint density at radius 1 is 0.845 bits per heavy atom. The molecule has 0 aliphatic carbocycles. The Kier molecular flexibility index (Phi) is 13.5. The smallest absolute Gasteiger partial charge is 0.416 e. The molecule has 0 atom stereocenters. The van der Waals surface area contributed by atoms with Crippen molar-refractivity contribution in [2.24, 2.45) is 7.05 Å². The van der Waals surface area contributed by atoms with E-state index in [1.54, 1.807) is 18.2 Å². The minimum atomic E-state index is -4.48. The van der Waals surface area contributed by atoms with E-state index in [-0.39, 0.29) is 23.5 Å². The van der Waals surface area contributed by atoms with Crippen molar-refractivity contribution in [1.29, 1.82) is 0 Å². The van der Waals surface area contributed by atoms with Gasteiger partial charge in [-0.25, -0.2) is 19.6 Å². The summed E-state index contributed by atoms with van der Waals surface area (Å²) in [5.74, 6) is -1.62. The number of aliphatic carboxylic acids is 2. The molecule has 0 saturated carbocycles. The van der Waals surface area contributed by atoms with Gasteiger partial charge >= 0.3 is 18.1 Å². The Morgan fingerprint density at radius 3 is 2.03 bits per heavy atom. The highest BCUT2D eigenvalue weighted by molar-refractivity contribution is 6.05. The molecule has 17 heteroatoms. The zero-order valence-corrected chi connectivity index (χ0v) is 32.0. The lowest BCUT2D eigenvalue weighted by Crippen LogP contribution is -2.48. The van der Waals surface area contributed by atoms with Gasteiger partial charge < -0.3 is 34.1 Å². The van der Waals surface area contributed by atoms with Crippen molar-refractivity contribution in [2.75, 3.05) is 38.1 Å². The van der Waals surface area contributed by atoms with Crippen LogP contribution in [0.25, 0.3) is 10.9 Å². The quantitative estimate of drug-likeness (QED) is 0.140. The van der Waals surface area contributed by atoms with E-state index >= 15 is 0 Å². The van der Waals surface area contributed by atoms with E-state index in [9.17, 15) is 32.3 Å². The van der Waals surface area contributed by atoms with E-state index in [0.717, 1.165) is 60.4 Å². The highest BCUT2D eigenvalue weighted by Crippen LogP contribution is 2.31. The van der Waals surface area contributed by atoms with Crippen LogP contribution < -0.4 is 14.4 Å². The molecule has 14 nitrogen and oxygen atoms in total. The van der Waals surface area contributed by atoms with Crippen LogP contribution in [0.2, 0.25) is 0 Å². The van der Waals surface area contributed by atoms with E-state index in [0.29, 0.717) is 48.3 Å². The standard InChI is InChI=1S/C37H37F3N6O4.C4H4O4/c1-24(2)49-33-13-5-25(21-41-33)23-45-15-17-46(18-16-45)36(48)32-19-27-8-12-30(20-31(27)44(32)4)50-34-14-11-29(22-42-34)43(3)35(47)26-6-9-28(10-7-26)37(38,39)40;5-3(6)1-2-4(7)8/h5-14,19-22,24H,15-18,23H2,1-4H3;1-2H,(H,5,6)(H,7,8). The number of carbonyl (C=O) groups is 4. The van der Waals surface area contributed by atoms with Crippen LogP contribution in [0.3, 0.4) is 0 Å². The number of fused-ring (bicyclic) bond motifs is 1. The SMILES string of the molecule is CC(C)Oc1ccc(CN2CCN(C(=O)c3cc4ccc(Oc5ccc(N(C)C(=O)c6ccc(C(F)(F)F)cc6)cn5)cc4n3C)CC2)cn1.O=C(O)C=CC(=O)O. The summed E-state index contributed by atoms with van der Waals surface area (Å²) < 4.78 is 52.2. The topological polar surface area (TPSA) is 168 Å². The highest BCUT2D eigenvalue weighted by Gasteiger charge is 2.30. The normalized spacial score (nSPS) is 13.3. The highest BCUT2D eigenvalue weighted by atomic mass is 19.4. The van der Waals surface area contributed by atoms with Gasteiger partial charge in [-0.2, -0.15) is 13.2 Å². The van der Waals surface area contributed by atoms with Gasteiger partial charge in [0.15, 0.2) is 0 Å². The summed E-state index contributed by atoms with van der Waals surface area (Å²) in [6.45, 7) is 7.42. The molecular formula is C41H41F3N6O8. The minimum Gasteiger partial charge on any atom is -0.478 e. The Labute approximate surface area is 331 Å². The number of benzene rings is 2. The molecule has 0 spiro atoms. The monoisotopic (exact) mass is 802 g/mol. The first-order chi connectivity index (χ1) is 27.5. The number of rotatable bonds is 11. The number of carbonyl (C=O) groups excluding carboxylic acids is 2. The molecule has 2 amide bonds. The van der Waals surface area contributed by atoms with Crippen molar-refractivity contribution in [3.63, 3.8) is 0 Å². The summed E-state index contributed by atoms with van der Waals surface area (Å²) in [6.07, 6.45) is -0.00773. The first-order valence-electron chi connectivity index (χ1n) is 17.9. The zero-order chi connectivity index (χ0) is 42.1. The Hall–Kier alpha value is -6.75. The van der Waals surface area contributed by atoms with E-state index in [4.69, 9.17) is 19.7 Å². The molecule has 3 aromatic heterocycles. The van der Waals surface area contributed by atoms with Crippen LogP contribution in [0, 0.1) is 0 Å². The number of pyridine rings is 2. The third-order valence-corrected chi connectivity index (χ3v) is 8.92. The molecular weight excluding hydrogens is 761 g/mol. The number of alkyl halides is 3. The van der Waals surface area contributed by atoms with Crippen molar-refractivity contribution in [2.45, 2.75) is 32.7 Å². The van der Waals surface area contributed by atoms with E-state index in [2.05, 4.69) is 14.9 Å². The molecule has 1 aliphatic heterocycles. The van der Waals surface area contributed by atoms with E-state index in [1.165, 1.54) is 18.1 Å². The molecule has 0 bridgehead atoms. The Bertz CT molecular complexity index is 2250. The summed E-state index contributed by atoms with van der Waals surface area (Å²) in [4.78, 5) is 59.7. The fraction of sp³-hybridized carbons (Fsp3) is 0.268. The largest absolute Gasteiger partial charge is 0.478 e. The van der Waals surface area contributed by atoms with Crippen molar-refractivity contribution < 1.29 is 52.0 Å². The molecule has 304 valence electrons. The summed E-state index contributed by atoms with van der Waals surface area (Å²) in [7, 11) is 3.37. The number of nitrogens with zero attached hydrogens (tertiary/aromatic N) is 6. The first kappa shape index (κ1) is 42.4. The van der Waals surface area contributed by atoms with Crippen molar-refractivity contribution in [1.82, 2.24) is 24.3 Å². The predicted molar refractivity (Wildman–Crippen MR) is 207 cm³/mol. The van der Waals surface area contributed by atoms with E-state index < -0.39 is 29.6 Å². The lowest BCUT2D eigenvalue weighted by atomic mass is 10.1. The van der Waals surface area contributed by atoms with Gasteiger partial charge in [0.1, 0.15) is 11.4 Å². The van der Waals surface area contributed by atoms with Gasteiger partial charge in [-0.05, 0) is 67.9 Å². The molecule has 6 rings (SSSR count). The van der Waals surface area contributed by atoms with Gasteiger partial charge in [0, 0.05) is 94.3 Å². The maximum absolute atomic E-state index is 13.6. The van der Waals surface area contributed by atoms with Gasteiger partial charge in [0.2, 0.25) is 11.8 Å². The lowest BCUT2D eigenvalue weighted by Gasteiger charge is -2.34. The van der Waals surface area contributed by atoms with Gasteiger partial charge in [-0.3, -0.25) is 14.5 Å². The number of carboxylic acid groups (broad SMARTS) is 2. The number of anilines is 1. The van der Waals surface area contributed by atoms with Crippen molar-refractivity contribution in [3.8, 4) is 17.5 Å².